The summed E-state index contributed by atoms with van der Waals surface area (Å²) >= 11 is 0. The number of rotatable bonds is 6. The molecule has 0 saturated carbocycles. The third-order valence-corrected chi connectivity index (χ3v) is 6.00. The number of benzene rings is 1. The van der Waals surface area contributed by atoms with Crippen molar-refractivity contribution in [1.82, 2.24) is 14.8 Å². The Labute approximate surface area is 163 Å². The van der Waals surface area contributed by atoms with Crippen LogP contribution in [0.2, 0.25) is 0 Å². The summed E-state index contributed by atoms with van der Waals surface area (Å²) in [6, 6.07) is 13.2. The summed E-state index contributed by atoms with van der Waals surface area (Å²) in [5, 5.41) is 17.8. The van der Waals surface area contributed by atoms with E-state index in [1.54, 1.807) is 36.5 Å². The molecule has 0 atom stereocenters. The second-order valence-electron chi connectivity index (χ2n) is 6.02. The Hall–Kier alpha value is -3.24. The molecule has 0 bridgehead atoms. The molecule has 2 aromatic rings. The number of nitriles is 2. The highest BCUT2D eigenvalue weighted by molar-refractivity contribution is 7.89. The van der Waals surface area contributed by atoms with Crippen LogP contribution in [0.15, 0.2) is 59.3 Å². The summed E-state index contributed by atoms with van der Waals surface area (Å²) < 4.78 is 26.8. The fourth-order valence-corrected chi connectivity index (χ4v) is 4.09. The minimum atomic E-state index is -3.66. The van der Waals surface area contributed by atoms with Crippen molar-refractivity contribution in [3.63, 3.8) is 0 Å². The third kappa shape index (κ3) is 4.53. The van der Waals surface area contributed by atoms with Crippen molar-refractivity contribution in [2.75, 3.05) is 13.1 Å². The molecular formula is C19H17N5O3S. The molecule has 1 aromatic heterocycles. The minimum Gasteiger partial charge on any atom is -0.271 e. The molecule has 8 nitrogen and oxygen atoms in total. The van der Waals surface area contributed by atoms with Gasteiger partial charge in [-0.3, -0.25) is 15.3 Å². The van der Waals surface area contributed by atoms with E-state index < -0.39 is 10.0 Å². The van der Waals surface area contributed by atoms with Crippen LogP contribution in [-0.2, 0) is 21.5 Å². The number of hydrogen-bond acceptors (Lipinski definition) is 7. The Kier molecular flexibility index (Phi) is 6.02. The smallest absolute Gasteiger partial charge is 0.243 e. The summed E-state index contributed by atoms with van der Waals surface area (Å²) in [5.41, 5.74) is 5.01. The average molecular weight is 395 g/mol. The highest BCUT2D eigenvalue weighted by Crippen LogP contribution is 2.20. The fraction of sp³-hybridized carbons (Fsp3) is 0.211. The van der Waals surface area contributed by atoms with Gasteiger partial charge in [0.25, 0.3) is 0 Å². The first-order valence-corrected chi connectivity index (χ1v) is 9.89. The van der Waals surface area contributed by atoms with Crippen LogP contribution in [-0.4, -0.2) is 30.8 Å². The van der Waals surface area contributed by atoms with Gasteiger partial charge in [-0.2, -0.15) is 14.8 Å². The van der Waals surface area contributed by atoms with Crippen LogP contribution in [0.5, 0.6) is 0 Å². The Balaban J connectivity index is 1.58. The van der Waals surface area contributed by atoms with Gasteiger partial charge in [0.05, 0.1) is 33.9 Å². The molecule has 1 aliphatic heterocycles. The lowest BCUT2D eigenvalue weighted by Crippen LogP contribution is -2.36. The molecule has 0 saturated heterocycles. The highest BCUT2D eigenvalue weighted by atomic mass is 32.2. The summed E-state index contributed by atoms with van der Waals surface area (Å²) in [7, 11) is -3.66. The van der Waals surface area contributed by atoms with Crippen molar-refractivity contribution in [1.29, 1.82) is 10.5 Å². The maximum atomic E-state index is 12.7. The molecular weight excluding hydrogens is 378 g/mol. The number of nitrogens with zero attached hydrogens (tertiary/aromatic N) is 4. The number of pyridine rings is 1. The molecule has 142 valence electrons. The molecule has 0 unspecified atom stereocenters. The first-order valence-electron chi connectivity index (χ1n) is 8.45. The van der Waals surface area contributed by atoms with Gasteiger partial charge in [0.1, 0.15) is 6.61 Å². The lowest BCUT2D eigenvalue weighted by Gasteiger charge is -2.26. The van der Waals surface area contributed by atoms with Crippen LogP contribution in [0.25, 0.3) is 0 Å². The molecule has 0 radical (unpaired) electrons. The van der Waals surface area contributed by atoms with E-state index in [1.165, 1.54) is 16.4 Å². The van der Waals surface area contributed by atoms with Gasteiger partial charge in [0, 0.05) is 31.4 Å². The Morgan fingerprint density at radius 1 is 1.18 bits per heavy atom. The van der Waals surface area contributed by atoms with Crippen LogP contribution in [0.1, 0.15) is 23.2 Å². The van der Waals surface area contributed by atoms with E-state index in [1.807, 2.05) is 12.1 Å². The molecule has 1 aromatic carbocycles. The molecule has 0 spiro atoms. The number of hydrogen-bond donors (Lipinski definition) is 1. The van der Waals surface area contributed by atoms with E-state index in [4.69, 9.17) is 15.4 Å². The lowest BCUT2D eigenvalue weighted by molar-refractivity contribution is 0.0433. The monoisotopic (exact) mass is 395 g/mol. The molecule has 1 N–H and O–H groups in total. The molecule has 2 heterocycles. The van der Waals surface area contributed by atoms with Crippen LogP contribution in [0, 0.1) is 22.7 Å². The molecule has 0 aliphatic carbocycles. The highest BCUT2D eigenvalue weighted by Gasteiger charge is 2.26. The van der Waals surface area contributed by atoms with E-state index in [2.05, 4.69) is 10.5 Å². The summed E-state index contributed by atoms with van der Waals surface area (Å²) in [6.45, 7) is 0.673. The first kappa shape index (κ1) is 19.5. The maximum absolute atomic E-state index is 12.7. The molecule has 0 fully saturated rings. The van der Waals surface area contributed by atoms with Gasteiger partial charge in [-0.05, 0) is 36.4 Å². The van der Waals surface area contributed by atoms with Gasteiger partial charge in [-0.15, -0.1) is 0 Å². The fourth-order valence-electron chi connectivity index (χ4n) is 2.67. The Morgan fingerprint density at radius 3 is 2.68 bits per heavy atom. The van der Waals surface area contributed by atoms with Crippen molar-refractivity contribution in [3.05, 3.63) is 71.2 Å². The SMILES string of the molecule is N#Cc1cccc(S(=O)(=O)N2CC=C(NOCc3cc(C#N)ccn3)CC2)c1. The third-order valence-electron chi connectivity index (χ3n) is 4.14. The quantitative estimate of drug-likeness (QED) is 0.741. The molecule has 9 heteroatoms. The molecule has 0 amide bonds. The van der Waals surface area contributed by atoms with Crippen LogP contribution >= 0.6 is 0 Å². The van der Waals surface area contributed by atoms with Gasteiger partial charge in [-0.25, -0.2) is 8.42 Å². The van der Waals surface area contributed by atoms with E-state index in [0.717, 1.165) is 5.70 Å². The molecule has 1 aliphatic rings. The lowest BCUT2D eigenvalue weighted by atomic mass is 10.2. The topological polar surface area (TPSA) is 119 Å². The summed E-state index contributed by atoms with van der Waals surface area (Å²) in [4.78, 5) is 9.62. The number of sulfonamides is 1. The predicted molar refractivity (Wildman–Crippen MR) is 99.5 cm³/mol. The zero-order chi connectivity index (χ0) is 20.0. The Morgan fingerprint density at radius 2 is 1.96 bits per heavy atom. The zero-order valence-corrected chi connectivity index (χ0v) is 15.7. The van der Waals surface area contributed by atoms with E-state index >= 15 is 0 Å². The largest absolute Gasteiger partial charge is 0.271 e. The van der Waals surface area contributed by atoms with Crippen molar-refractivity contribution in [2.45, 2.75) is 17.9 Å². The maximum Gasteiger partial charge on any atom is 0.243 e. The zero-order valence-electron chi connectivity index (χ0n) is 14.9. The minimum absolute atomic E-state index is 0.107. The average Bonchev–Trinajstić information content (AvgIpc) is 2.74. The van der Waals surface area contributed by atoms with Crippen LogP contribution < -0.4 is 5.48 Å². The van der Waals surface area contributed by atoms with E-state index in [0.29, 0.717) is 29.8 Å². The van der Waals surface area contributed by atoms with Crippen LogP contribution in [0.3, 0.4) is 0 Å². The van der Waals surface area contributed by atoms with Gasteiger partial charge in [-0.1, -0.05) is 6.07 Å². The molecule has 3 rings (SSSR count). The number of hydroxylamine groups is 1. The van der Waals surface area contributed by atoms with E-state index in [9.17, 15) is 8.42 Å². The molecule has 28 heavy (non-hydrogen) atoms. The van der Waals surface area contributed by atoms with Crippen LogP contribution in [0.4, 0.5) is 0 Å². The second kappa shape index (κ2) is 8.63. The van der Waals surface area contributed by atoms with Gasteiger partial charge in [0.15, 0.2) is 0 Å². The second-order valence-corrected chi connectivity index (χ2v) is 7.96. The van der Waals surface area contributed by atoms with Crippen molar-refractivity contribution >= 4 is 10.0 Å². The van der Waals surface area contributed by atoms with Crippen molar-refractivity contribution in [2.24, 2.45) is 0 Å². The predicted octanol–water partition coefficient (Wildman–Crippen LogP) is 1.82. The van der Waals surface area contributed by atoms with Gasteiger partial charge >= 0.3 is 0 Å². The van der Waals surface area contributed by atoms with Gasteiger partial charge in [0.2, 0.25) is 10.0 Å². The standard InChI is InChI=1S/C19H17N5O3S/c20-12-15-2-1-3-19(11-15)28(25,26)24-8-5-17(6-9-24)23-27-14-18-10-16(13-21)4-7-22-18/h1-5,7,10-11,23H,6,8-9,14H2. The van der Waals surface area contributed by atoms with Crippen molar-refractivity contribution in [3.8, 4) is 12.1 Å². The first-order chi connectivity index (χ1) is 13.5. The summed E-state index contributed by atoms with van der Waals surface area (Å²) in [5.74, 6) is 0. The summed E-state index contributed by atoms with van der Waals surface area (Å²) in [6.07, 6.45) is 3.75. The normalized spacial score (nSPS) is 14.6. The van der Waals surface area contributed by atoms with Gasteiger partial charge < -0.3 is 0 Å². The van der Waals surface area contributed by atoms with Crippen molar-refractivity contribution < 1.29 is 13.3 Å². The van der Waals surface area contributed by atoms with E-state index in [-0.39, 0.29) is 18.0 Å². The Bertz CT molecular complexity index is 1080. The number of aromatic nitrogens is 1. The number of nitrogens with one attached hydrogen (secondary N) is 1.